The van der Waals surface area contributed by atoms with Crippen molar-refractivity contribution in [2.45, 2.75) is 6.04 Å². The second-order valence-electron chi connectivity index (χ2n) is 2.96. The molecule has 0 unspecified atom stereocenters. The Morgan fingerprint density at radius 3 is 1.94 bits per heavy atom. The predicted molar refractivity (Wildman–Crippen MR) is 52.8 cm³/mol. The van der Waals surface area contributed by atoms with Gasteiger partial charge in [-0.05, 0) is 0 Å². The van der Waals surface area contributed by atoms with Crippen molar-refractivity contribution in [2.24, 2.45) is 0 Å². The number of aliphatic carboxylic acids is 1. The second-order valence-corrected chi connectivity index (χ2v) is 2.96. The lowest BCUT2D eigenvalue weighted by Crippen LogP contribution is -2.50. The third-order valence-corrected chi connectivity index (χ3v) is 1.81. The van der Waals surface area contributed by atoms with Gasteiger partial charge in [0.15, 0.2) is 6.04 Å². The van der Waals surface area contributed by atoms with E-state index in [1.165, 1.54) is 0 Å². The molecule has 0 aliphatic rings. The van der Waals surface area contributed by atoms with Crippen molar-refractivity contribution in [3.05, 3.63) is 0 Å². The smallest absolute Gasteiger partial charge is 0.328 e. The molecule has 0 aromatic rings. The molecule has 0 heterocycles. The Balaban J connectivity index is 4.32. The third-order valence-electron chi connectivity index (χ3n) is 1.81. The van der Waals surface area contributed by atoms with Crippen molar-refractivity contribution in [3.8, 4) is 0 Å². The summed E-state index contributed by atoms with van der Waals surface area (Å²) in [6, 6.07) is -2.16. The Morgan fingerprint density at radius 2 is 1.62 bits per heavy atom. The molecule has 0 aliphatic heterocycles. The summed E-state index contributed by atoms with van der Waals surface area (Å²) in [6.45, 7) is -1.38. The maximum absolute atomic E-state index is 11.4. The van der Waals surface area contributed by atoms with Crippen LogP contribution >= 0.6 is 0 Å². The van der Waals surface area contributed by atoms with E-state index in [2.05, 4.69) is 5.32 Å². The predicted octanol–water partition coefficient (Wildman–Crippen LogP) is -2.57. The first-order chi connectivity index (χ1) is 7.56. The van der Waals surface area contributed by atoms with Gasteiger partial charge in [0, 0.05) is 13.1 Å². The number of carbonyl (C=O) groups is 2. The van der Waals surface area contributed by atoms with Gasteiger partial charge in [0.1, 0.15) is 0 Å². The van der Waals surface area contributed by atoms with Crippen LogP contribution in [0.1, 0.15) is 0 Å². The van der Waals surface area contributed by atoms with Crippen molar-refractivity contribution >= 4 is 12.0 Å². The lowest BCUT2D eigenvalue weighted by Gasteiger charge is -2.23. The molecule has 0 saturated heterocycles. The molecule has 0 radical (unpaired) electrons. The van der Waals surface area contributed by atoms with E-state index in [0.29, 0.717) is 0 Å². The minimum atomic E-state index is -1.40. The van der Waals surface area contributed by atoms with Crippen LogP contribution in [0.3, 0.4) is 0 Å². The molecule has 2 amide bonds. The topological polar surface area (TPSA) is 130 Å². The Bertz CT molecular complexity index is 229. The minimum absolute atomic E-state index is 0.0236. The molecule has 8 nitrogen and oxygen atoms in total. The molecule has 0 bridgehead atoms. The molecule has 0 saturated carbocycles. The normalized spacial score (nSPS) is 11.9. The van der Waals surface area contributed by atoms with Gasteiger partial charge in [-0.1, -0.05) is 0 Å². The molecule has 16 heavy (non-hydrogen) atoms. The first kappa shape index (κ1) is 14.6. The summed E-state index contributed by atoms with van der Waals surface area (Å²) in [6.07, 6.45) is 0. The van der Waals surface area contributed by atoms with E-state index in [9.17, 15) is 9.59 Å². The van der Waals surface area contributed by atoms with E-state index < -0.39 is 24.6 Å². The largest absolute Gasteiger partial charge is 0.480 e. The highest BCUT2D eigenvalue weighted by Crippen LogP contribution is 1.91. The number of amides is 2. The summed E-state index contributed by atoms with van der Waals surface area (Å²) in [5.74, 6) is -1.36. The van der Waals surface area contributed by atoms with Crippen molar-refractivity contribution in [3.63, 3.8) is 0 Å². The zero-order valence-corrected chi connectivity index (χ0v) is 8.67. The van der Waals surface area contributed by atoms with Crippen molar-refractivity contribution in [2.75, 3.05) is 32.9 Å². The van der Waals surface area contributed by atoms with Gasteiger partial charge in [-0.15, -0.1) is 0 Å². The minimum Gasteiger partial charge on any atom is -0.480 e. The highest BCUT2D eigenvalue weighted by molar-refractivity contribution is 5.82. The van der Waals surface area contributed by atoms with Crippen LogP contribution in [0.5, 0.6) is 0 Å². The Hall–Kier alpha value is -1.38. The maximum atomic E-state index is 11.4. The fourth-order valence-electron chi connectivity index (χ4n) is 0.982. The molecule has 0 aromatic carbocycles. The van der Waals surface area contributed by atoms with Crippen molar-refractivity contribution < 1.29 is 30.0 Å². The molecule has 0 aromatic heterocycles. The third kappa shape index (κ3) is 4.91. The van der Waals surface area contributed by atoms with E-state index in [4.69, 9.17) is 20.4 Å². The molecule has 0 fully saturated rings. The van der Waals surface area contributed by atoms with Crippen LogP contribution in [0, 0.1) is 0 Å². The summed E-state index contributed by atoms with van der Waals surface area (Å²) in [5, 5.41) is 36.6. The van der Waals surface area contributed by atoms with Crippen LogP contribution in [-0.4, -0.2) is 76.3 Å². The summed E-state index contributed by atoms with van der Waals surface area (Å²) in [5.41, 5.74) is 0. The Kier molecular flexibility index (Phi) is 7.18. The number of aliphatic hydroxyl groups is 3. The van der Waals surface area contributed by atoms with Crippen LogP contribution in [-0.2, 0) is 4.79 Å². The fourth-order valence-corrected chi connectivity index (χ4v) is 0.982. The van der Waals surface area contributed by atoms with Crippen molar-refractivity contribution in [1.29, 1.82) is 0 Å². The van der Waals surface area contributed by atoms with Crippen LogP contribution in [0.2, 0.25) is 0 Å². The zero-order valence-electron chi connectivity index (χ0n) is 8.67. The number of carboxylic acid groups (broad SMARTS) is 1. The molecule has 0 spiro atoms. The Labute approximate surface area is 92.1 Å². The number of carbonyl (C=O) groups excluding carboxylic acids is 1. The van der Waals surface area contributed by atoms with Gasteiger partial charge in [0.2, 0.25) is 0 Å². The number of hydrogen-bond acceptors (Lipinski definition) is 5. The van der Waals surface area contributed by atoms with Crippen LogP contribution in [0.25, 0.3) is 0 Å². The average Bonchev–Trinajstić information content (AvgIpc) is 2.24. The molecular formula is C8H16N2O6. The van der Waals surface area contributed by atoms with E-state index in [0.717, 1.165) is 4.90 Å². The molecular weight excluding hydrogens is 220 g/mol. The second kappa shape index (κ2) is 7.85. The van der Waals surface area contributed by atoms with Gasteiger partial charge in [0.25, 0.3) is 0 Å². The van der Waals surface area contributed by atoms with Gasteiger partial charge in [-0.3, -0.25) is 0 Å². The van der Waals surface area contributed by atoms with Crippen molar-refractivity contribution in [1.82, 2.24) is 10.2 Å². The van der Waals surface area contributed by atoms with Gasteiger partial charge in [-0.25, -0.2) is 9.59 Å². The molecule has 1 atom stereocenters. The van der Waals surface area contributed by atoms with E-state index in [1.807, 2.05) is 0 Å². The van der Waals surface area contributed by atoms with E-state index in [1.54, 1.807) is 0 Å². The highest BCUT2D eigenvalue weighted by atomic mass is 16.4. The fraction of sp³-hybridized carbons (Fsp3) is 0.750. The van der Waals surface area contributed by atoms with Gasteiger partial charge in [0.05, 0.1) is 19.8 Å². The van der Waals surface area contributed by atoms with Crippen LogP contribution in [0.15, 0.2) is 0 Å². The first-order valence-corrected chi connectivity index (χ1v) is 4.67. The number of hydrogen-bond donors (Lipinski definition) is 5. The molecule has 5 N–H and O–H groups in total. The molecule has 0 rings (SSSR count). The summed E-state index contributed by atoms with van der Waals surface area (Å²) >= 11 is 0. The number of nitrogens with one attached hydrogen (secondary N) is 1. The molecule has 8 heteroatoms. The summed E-state index contributed by atoms with van der Waals surface area (Å²) in [7, 11) is 0. The average molecular weight is 236 g/mol. The van der Waals surface area contributed by atoms with Crippen LogP contribution < -0.4 is 5.32 Å². The number of urea groups is 1. The molecule has 0 aliphatic carbocycles. The number of nitrogens with zero attached hydrogens (tertiary/aromatic N) is 1. The summed E-state index contributed by atoms with van der Waals surface area (Å²) < 4.78 is 0. The lowest BCUT2D eigenvalue weighted by molar-refractivity contribution is -0.140. The van der Waals surface area contributed by atoms with Gasteiger partial charge in [-0.2, -0.15) is 0 Å². The van der Waals surface area contributed by atoms with Gasteiger partial charge >= 0.3 is 12.0 Å². The number of carboxylic acids is 1. The maximum Gasteiger partial charge on any atom is 0.328 e. The lowest BCUT2D eigenvalue weighted by atomic mass is 10.3. The van der Waals surface area contributed by atoms with Gasteiger partial charge < -0.3 is 30.6 Å². The van der Waals surface area contributed by atoms with E-state index >= 15 is 0 Å². The first-order valence-electron chi connectivity index (χ1n) is 4.67. The Morgan fingerprint density at radius 1 is 1.12 bits per heavy atom. The SMILES string of the molecule is O=C(O)[C@@H](CO)NC(=O)N(CCO)CCO. The monoisotopic (exact) mass is 236 g/mol. The number of aliphatic hydroxyl groups excluding tert-OH is 3. The van der Waals surface area contributed by atoms with Crippen LogP contribution in [0.4, 0.5) is 4.79 Å². The standard InChI is InChI=1S/C8H16N2O6/c11-3-1-10(2-4-12)8(16)9-6(5-13)7(14)15/h6,11-13H,1-5H2,(H,9,16)(H,14,15)/t6-/m1/s1. The molecule has 94 valence electrons. The zero-order chi connectivity index (χ0) is 12.6. The number of rotatable bonds is 7. The quantitative estimate of drug-likeness (QED) is 0.330. The summed E-state index contributed by atoms with van der Waals surface area (Å²) in [4.78, 5) is 23.0. The van der Waals surface area contributed by atoms with E-state index in [-0.39, 0.29) is 26.3 Å². The highest BCUT2D eigenvalue weighted by Gasteiger charge is 2.21.